The summed E-state index contributed by atoms with van der Waals surface area (Å²) in [5, 5.41) is 5.55. The molecule has 6 rings (SSSR count). The van der Waals surface area contributed by atoms with E-state index in [0.29, 0.717) is 14.4 Å². The second-order valence-corrected chi connectivity index (χ2v) is 26.3. The molecule has 6 aromatic carbocycles. The van der Waals surface area contributed by atoms with Crippen LogP contribution in [0.3, 0.4) is 0 Å². The standard InChI is InChI=1S/C23H29.C15H8F6.C5H5.2ClH.Hf/c1-14-9-16-11-17-10-15(2)21(23(6,7)8)13-19(17)18(16)12-20(14)22(3,4)5;16-14(17,18)12-5-1-10(2-6-12)9-11-3-7-13(8-4-11)15(19,20)21;1-2-4-5-3-1;;;/h9-13H,1-8H3;1-8H;1-5H;2*1H;/q-1;;-1;;;+2/p-2. The molecule has 9 heteroatoms. The molecular weight excluding hydrogens is 880 g/mol. The predicted molar refractivity (Wildman–Crippen MR) is 204 cm³/mol. The van der Waals surface area contributed by atoms with Gasteiger partial charge in [0.05, 0.1) is 0 Å². The third-order valence-electron chi connectivity index (χ3n) is 8.76. The van der Waals surface area contributed by atoms with Gasteiger partial charge in [-0.2, -0.15) is 18.2 Å². The second kappa shape index (κ2) is 16.2. The van der Waals surface area contributed by atoms with Crippen molar-refractivity contribution >= 4 is 42.0 Å². The molecule has 0 aliphatic heterocycles. The van der Waals surface area contributed by atoms with E-state index in [1.54, 1.807) is 0 Å². The Kier molecular flexibility index (Phi) is 13.0. The minimum Gasteiger partial charge on any atom is -0.214 e. The van der Waals surface area contributed by atoms with Gasteiger partial charge < -0.3 is 0 Å². The summed E-state index contributed by atoms with van der Waals surface area (Å²) in [6.07, 6.45) is -8.95. The van der Waals surface area contributed by atoms with Crippen LogP contribution in [0.2, 0.25) is 0 Å². The molecule has 0 aliphatic carbocycles. The molecule has 0 fully saturated rings. The zero-order valence-electron chi connectivity index (χ0n) is 30.4. The Morgan fingerprint density at radius 1 is 0.558 bits per heavy atom. The first-order valence-corrected chi connectivity index (χ1v) is 27.4. The van der Waals surface area contributed by atoms with E-state index in [-0.39, 0.29) is 10.8 Å². The monoisotopic (exact) mass is 922 g/mol. The predicted octanol–water partition coefficient (Wildman–Crippen LogP) is 14.5. The molecule has 0 nitrogen and oxygen atoms in total. The first-order chi connectivity index (χ1) is 24.0. The summed E-state index contributed by atoms with van der Waals surface area (Å²) in [7, 11) is 12.1. The average molecular weight is 922 g/mol. The van der Waals surface area contributed by atoms with Gasteiger partial charge in [0.1, 0.15) is 0 Å². The SMILES string of the molecule is Cc1cc2[cH-]c3cc(C)c(C(C)(C)C)cc3c2cc1C(C)(C)C.FC(F)(F)c1ccc([C](c2ccc(C(F)(F)F)cc2)=[Hf]([Cl])[Cl])cc1.c1cc[cH-]c1. The van der Waals surface area contributed by atoms with E-state index in [2.05, 4.69) is 85.7 Å². The molecule has 52 heavy (non-hydrogen) atoms. The van der Waals surface area contributed by atoms with Gasteiger partial charge in [0, 0.05) is 0 Å². The molecule has 6 aromatic rings. The molecule has 0 unspecified atom stereocenters. The minimum absolute atomic E-state index is 0.180. The van der Waals surface area contributed by atoms with Crippen molar-refractivity contribution in [3.63, 3.8) is 0 Å². The number of alkyl halides is 6. The smallest absolute Gasteiger partial charge is 0.172 e. The summed E-state index contributed by atoms with van der Waals surface area (Å²) in [4.78, 5) is 0. The molecule has 0 N–H and O–H groups in total. The largest absolute Gasteiger partial charge is 0.214 e. The molecule has 0 saturated carbocycles. The van der Waals surface area contributed by atoms with E-state index in [9.17, 15) is 26.3 Å². The molecule has 0 bridgehead atoms. The van der Waals surface area contributed by atoms with Crippen LogP contribution < -0.4 is 0 Å². The van der Waals surface area contributed by atoms with Crippen LogP contribution >= 0.6 is 17.2 Å². The molecule has 0 spiro atoms. The van der Waals surface area contributed by atoms with Crippen molar-refractivity contribution in [2.24, 2.45) is 0 Å². The maximum Gasteiger partial charge on any atom is -0.172 e. The van der Waals surface area contributed by atoms with Gasteiger partial charge >= 0.3 is 148 Å². The molecule has 276 valence electrons. The van der Waals surface area contributed by atoms with Crippen molar-refractivity contribution in [3.8, 4) is 0 Å². The number of aryl methyl sites for hydroxylation is 2. The molecule has 0 atom stereocenters. The maximum absolute atomic E-state index is 12.6. The fraction of sp³-hybridized carbons (Fsp3) is 0.279. The summed E-state index contributed by atoms with van der Waals surface area (Å²) in [6.45, 7) is 18.3. The van der Waals surface area contributed by atoms with Gasteiger partial charge in [-0.25, -0.2) is 12.1 Å². The Hall–Kier alpha value is -3.00. The topological polar surface area (TPSA) is 0 Å². The Bertz CT molecular complexity index is 1980. The molecule has 0 radical (unpaired) electrons. The van der Waals surface area contributed by atoms with Crippen molar-refractivity contribution in [3.05, 3.63) is 154 Å². The van der Waals surface area contributed by atoms with E-state index < -0.39 is 42.1 Å². The normalized spacial score (nSPS) is 12.2. The van der Waals surface area contributed by atoms with Gasteiger partial charge in [-0.1, -0.05) is 75.9 Å². The van der Waals surface area contributed by atoms with Crippen LogP contribution in [0, 0.1) is 13.8 Å². The van der Waals surface area contributed by atoms with Gasteiger partial charge in [-0.3, -0.25) is 0 Å². The Morgan fingerprint density at radius 3 is 1.15 bits per heavy atom. The van der Waals surface area contributed by atoms with E-state index in [1.807, 2.05) is 30.3 Å². The minimum atomic E-state index is -4.47. The van der Waals surface area contributed by atoms with Crippen molar-refractivity contribution in [2.75, 3.05) is 0 Å². The number of hydrogen-bond donors (Lipinski definition) is 0. The van der Waals surface area contributed by atoms with Gasteiger partial charge in [0.2, 0.25) is 0 Å². The second-order valence-electron chi connectivity index (χ2n) is 14.9. The van der Waals surface area contributed by atoms with E-state index in [1.165, 1.54) is 68.1 Å². The van der Waals surface area contributed by atoms with Crippen LogP contribution in [-0.2, 0) is 41.8 Å². The summed E-state index contributed by atoms with van der Waals surface area (Å²) in [5.41, 5.74) is 5.18. The van der Waals surface area contributed by atoms with Crippen molar-refractivity contribution in [2.45, 2.75) is 78.6 Å². The number of hydrogen-bond acceptors (Lipinski definition) is 0. The summed E-state index contributed by atoms with van der Waals surface area (Å²) < 4.78 is 76.1. The quantitative estimate of drug-likeness (QED) is 0.0922. The Balaban J connectivity index is 0.000000205. The number of fused-ring (bicyclic) bond motifs is 3. The van der Waals surface area contributed by atoms with Gasteiger partial charge in [-0.05, 0) is 24.7 Å². The summed E-state index contributed by atoms with van der Waals surface area (Å²) >= 11 is -3.32. The Morgan fingerprint density at radius 2 is 0.904 bits per heavy atom. The van der Waals surface area contributed by atoms with Crippen LogP contribution in [0.4, 0.5) is 26.3 Å². The van der Waals surface area contributed by atoms with Crippen LogP contribution in [0.25, 0.3) is 21.5 Å². The third-order valence-corrected chi connectivity index (χ3v) is 15.3. The molecule has 0 heterocycles. The fourth-order valence-electron chi connectivity index (χ4n) is 6.31. The van der Waals surface area contributed by atoms with Crippen LogP contribution in [-0.4, -0.2) is 3.26 Å². The fourth-order valence-corrected chi connectivity index (χ4v) is 12.6. The van der Waals surface area contributed by atoms with Crippen LogP contribution in [0.15, 0.2) is 109 Å². The van der Waals surface area contributed by atoms with Crippen molar-refractivity contribution < 1.29 is 44.9 Å². The molecule has 0 amide bonds. The van der Waals surface area contributed by atoms with E-state index >= 15 is 0 Å². The maximum atomic E-state index is 12.6. The first-order valence-electron chi connectivity index (χ1n) is 16.7. The van der Waals surface area contributed by atoms with Gasteiger partial charge in [-0.15, -0.1) is 39.7 Å². The molecule has 0 aromatic heterocycles. The van der Waals surface area contributed by atoms with Crippen molar-refractivity contribution in [1.29, 1.82) is 0 Å². The number of benzene rings is 4. The Labute approximate surface area is 317 Å². The van der Waals surface area contributed by atoms with Gasteiger partial charge in [0.25, 0.3) is 0 Å². The average Bonchev–Trinajstić information content (AvgIpc) is 3.71. The van der Waals surface area contributed by atoms with Crippen LogP contribution in [0.5, 0.6) is 0 Å². The first kappa shape index (κ1) is 41.8. The molecule has 0 saturated heterocycles. The third kappa shape index (κ3) is 10.4. The van der Waals surface area contributed by atoms with Gasteiger partial charge in [0.15, 0.2) is 0 Å². The number of rotatable bonds is 2. The number of halogens is 8. The zero-order valence-corrected chi connectivity index (χ0v) is 35.5. The summed E-state index contributed by atoms with van der Waals surface area (Å²) in [5.74, 6) is 0. The van der Waals surface area contributed by atoms with Crippen LogP contribution in [0.1, 0.15) is 86.1 Å². The van der Waals surface area contributed by atoms with E-state index in [4.69, 9.17) is 17.2 Å². The molecular formula is C43H42Cl2F6Hf-2. The van der Waals surface area contributed by atoms with E-state index in [0.717, 1.165) is 24.3 Å². The molecule has 0 aliphatic rings. The zero-order chi connectivity index (χ0) is 38.8. The summed E-state index contributed by atoms with van der Waals surface area (Å²) in [6, 6.07) is 30.4. The van der Waals surface area contributed by atoms with Crippen molar-refractivity contribution in [1.82, 2.24) is 0 Å².